The number of ether oxygens (including phenoxy) is 2. The van der Waals surface area contributed by atoms with Crippen LogP contribution in [-0.2, 0) is 14.3 Å². The molecule has 0 amide bonds. The first-order valence-electron chi connectivity index (χ1n) is 4.87. The van der Waals surface area contributed by atoms with E-state index in [1.165, 1.54) is 7.11 Å². The fourth-order valence-electron chi connectivity index (χ4n) is 2.03. The number of rotatable bonds is 3. The second-order valence-corrected chi connectivity index (χ2v) is 4.09. The number of nitrogens with one attached hydrogen (secondary N) is 1. The van der Waals surface area contributed by atoms with Gasteiger partial charge in [-0.05, 0) is 6.92 Å². The van der Waals surface area contributed by atoms with E-state index in [0.717, 1.165) is 6.54 Å². The molecule has 4 heteroatoms. The highest BCUT2D eigenvalue weighted by Crippen LogP contribution is 2.36. The van der Waals surface area contributed by atoms with Crippen molar-refractivity contribution in [1.29, 1.82) is 0 Å². The molecule has 0 saturated carbocycles. The van der Waals surface area contributed by atoms with Gasteiger partial charge in [0.1, 0.15) is 0 Å². The van der Waals surface area contributed by atoms with E-state index < -0.39 is 0 Å². The van der Waals surface area contributed by atoms with Crippen molar-refractivity contribution in [2.75, 3.05) is 27.3 Å². The van der Waals surface area contributed by atoms with Gasteiger partial charge in [-0.1, -0.05) is 6.92 Å². The summed E-state index contributed by atoms with van der Waals surface area (Å²) in [6, 6.07) is 0. The van der Waals surface area contributed by atoms with Gasteiger partial charge in [-0.3, -0.25) is 4.79 Å². The molecule has 0 aromatic heterocycles. The first kappa shape index (κ1) is 11.5. The maximum atomic E-state index is 11.5. The van der Waals surface area contributed by atoms with Gasteiger partial charge in [0.25, 0.3) is 0 Å². The van der Waals surface area contributed by atoms with Crippen molar-refractivity contribution in [3.05, 3.63) is 0 Å². The molecule has 0 bridgehead atoms. The lowest BCUT2D eigenvalue weighted by atomic mass is 9.75. The Morgan fingerprint density at radius 3 is 2.71 bits per heavy atom. The predicted molar refractivity (Wildman–Crippen MR) is 53.0 cm³/mol. The van der Waals surface area contributed by atoms with Crippen LogP contribution in [-0.4, -0.2) is 39.4 Å². The van der Waals surface area contributed by atoms with Gasteiger partial charge in [-0.2, -0.15) is 0 Å². The van der Waals surface area contributed by atoms with Crippen molar-refractivity contribution in [2.24, 2.45) is 11.3 Å². The molecule has 0 spiro atoms. The lowest BCUT2D eigenvalue weighted by molar-refractivity contribution is -0.151. The molecule has 0 aromatic carbocycles. The van der Waals surface area contributed by atoms with E-state index in [0.29, 0.717) is 6.54 Å². The SMILES string of the molecule is COC(=O)C1CNCC1(C)C(C)OC. The molecule has 1 fully saturated rings. The van der Waals surface area contributed by atoms with E-state index in [9.17, 15) is 4.79 Å². The monoisotopic (exact) mass is 201 g/mol. The maximum Gasteiger partial charge on any atom is 0.310 e. The number of hydrogen-bond donors (Lipinski definition) is 1. The summed E-state index contributed by atoms with van der Waals surface area (Å²) in [5.41, 5.74) is -0.165. The normalized spacial score (nSPS) is 34.1. The molecule has 0 aliphatic carbocycles. The largest absolute Gasteiger partial charge is 0.469 e. The molecule has 1 aliphatic rings. The fourth-order valence-corrected chi connectivity index (χ4v) is 2.03. The molecule has 14 heavy (non-hydrogen) atoms. The number of carbonyl (C=O) groups excluding carboxylic acids is 1. The van der Waals surface area contributed by atoms with E-state index in [4.69, 9.17) is 9.47 Å². The standard InChI is InChI=1S/C10H19NO3/c1-7(13-3)10(2)6-11-5-8(10)9(12)14-4/h7-8,11H,5-6H2,1-4H3. The zero-order valence-electron chi connectivity index (χ0n) is 9.29. The van der Waals surface area contributed by atoms with Crippen molar-refractivity contribution in [3.8, 4) is 0 Å². The van der Waals surface area contributed by atoms with Crippen LogP contribution in [0.4, 0.5) is 0 Å². The first-order chi connectivity index (χ1) is 6.56. The molecule has 3 atom stereocenters. The molecule has 0 aromatic rings. The van der Waals surface area contributed by atoms with Gasteiger partial charge in [0.05, 0.1) is 19.1 Å². The molecule has 1 rings (SSSR count). The summed E-state index contributed by atoms with van der Waals surface area (Å²) < 4.78 is 10.1. The quantitative estimate of drug-likeness (QED) is 0.672. The van der Waals surface area contributed by atoms with Crippen molar-refractivity contribution in [2.45, 2.75) is 20.0 Å². The van der Waals surface area contributed by atoms with Crippen LogP contribution in [0.5, 0.6) is 0 Å². The molecule has 1 heterocycles. The third-order valence-electron chi connectivity index (χ3n) is 3.42. The van der Waals surface area contributed by atoms with Crippen LogP contribution < -0.4 is 5.32 Å². The number of carbonyl (C=O) groups is 1. The van der Waals surface area contributed by atoms with E-state index in [1.54, 1.807) is 7.11 Å². The Kier molecular flexibility index (Phi) is 3.50. The lowest BCUT2D eigenvalue weighted by Crippen LogP contribution is -2.42. The first-order valence-corrected chi connectivity index (χ1v) is 4.87. The van der Waals surface area contributed by atoms with Crippen LogP contribution in [0.25, 0.3) is 0 Å². The summed E-state index contributed by atoms with van der Waals surface area (Å²) in [7, 11) is 3.10. The minimum atomic E-state index is -0.165. The van der Waals surface area contributed by atoms with Crippen LogP contribution in [0.3, 0.4) is 0 Å². The lowest BCUT2D eigenvalue weighted by Gasteiger charge is -2.33. The smallest absolute Gasteiger partial charge is 0.310 e. The van der Waals surface area contributed by atoms with Gasteiger partial charge in [0.2, 0.25) is 0 Å². The number of methoxy groups -OCH3 is 2. The Morgan fingerprint density at radius 2 is 2.21 bits per heavy atom. The van der Waals surface area contributed by atoms with Gasteiger partial charge in [0, 0.05) is 25.6 Å². The fraction of sp³-hybridized carbons (Fsp3) is 0.900. The third kappa shape index (κ3) is 1.77. The van der Waals surface area contributed by atoms with Gasteiger partial charge in [-0.25, -0.2) is 0 Å². The summed E-state index contributed by atoms with van der Waals surface area (Å²) in [6.07, 6.45) is 0.0431. The van der Waals surface area contributed by atoms with Crippen LogP contribution in [0.1, 0.15) is 13.8 Å². The molecule has 1 saturated heterocycles. The second-order valence-electron chi connectivity index (χ2n) is 4.09. The summed E-state index contributed by atoms with van der Waals surface area (Å²) >= 11 is 0. The number of hydrogen-bond acceptors (Lipinski definition) is 4. The van der Waals surface area contributed by atoms with Crippen molar-refractivity contribution < 1.29 is 14.3 Å². The number of esters is 1. The van der Waals surface area contributed by atoms with E-state index in [2.05, 4.69) is 12.2 Å². The molecule has 4 nitrogen and oxygen atoms in total. The Morgan fingerprint density at radius 1 is 1.57 bits per heavy atom. The second kappa shape index (κ2) is 4.28. The topological polar surface area (TPSA) is 47.6 Å². The van der Waals surface area contributed by atoms with Gasteiger partial charge in [-0.15, -0.1) is 0 Å². The Bertz CT molecular complexity index is 219. The van der Waals surface area contributed by atoms with E-state index >= 15 is 0 Å². The summed E-state index contributed by atoms with van der Waals surface area (Å²) in [6.45, 7) is 5.52. The highest BCUT2D eigenvalue weighted by atomic mass is 16.5. The van der Waals surface area contributed by atoms with Crippen molar-refractivity contribution in [1.82, 2.24) is 5.32 Å². The molecule has 0 radical (unpaired) electrons. The average molecular weight is 201 g/mol. The zero-order valence-corrected chi connectivity index (χ0v) is 9.29. The van der Waals surface area contributed by atoms with E-state index in [-0.39, 0.29) is 23.4 Å². The molecular weight excluding hydrogens is 182 g/mol. The Hall–Kier alpha value is -0.610. The van der Waals surface area contributed by atoms with Crippen molar-refractivity contribution in [3.63, 3.8) is 0 Å². The molecular formula is C10H19NO3. The Balaban J connectivity index is 2.80. The van der Waals surface area contributed by atoms with Gasteiger partial charge < -0.3 is 14.8 Å². The summed E-state index contributed by atoms with van der Waals surface area (Å²) in [5.74, 6) is -0.260. The maximum absolute atomic E-state index is 11.5. The molecule has 1 aliphatic heterocycles. The highest BCUT2D eigenvalue weighted by molar-refractivity contribution is 5.74. The van der Waals surface area contributed by atoms with E-state index in [1.807, 2.05) is 6.92 Å². The van der Waals surface area contributed by atoms with Crippen LogP contribution in [0.15, 0.2) is 0 Å². The van der Waals surface area contributed by atoms with Crippen LogP contribution >= 0.6 is 0 Å². The minimum absolute atomic E-state index is 0.0431. The predicted octanol–water partition coefficient (Wildman–Crippen LogP) is 0.420. The molecule has 3 unspecified atom stereocenters. The summed E-state index contributed by atoms with van der Waals surface area (Å²) in [4.78, 5) is 11.5. The van der Waals surface area contributed by atoms with Crippen LogP contribution in [0.2, 0.25) is 0 Å². The molecule has 1 N–H and O–H groups in total. The third-order valence-corrected chi connectivity index (χ3v) is 3.42. The highest BCUT2D eigenvalue weighted by Gasteiger charge is 2.47. The van der Waals surface area contributed by atoms with Crippen molar-refractivity contribution >= 4 is 5.97 Å². The molecule has 82 valence electrons. The zero-order chi connectivity index (χ0) is 10.8. The summed E-state index contributed by atoms with van der Waals surface area (Å²) in [5, 5.41) is 3.21. The Labute approximate surface area is 85.0 Å². The minimum Gasteiger partial charge on any atom is -0.469 e. The van der Waals surface area contributed by atoms with Gasteiger partial charge in [0.15, 0.2) is 0 Å². The average Bonchev–Trinajstić information content (AvgIpc) is 2.59. The van der Waals surface area contributed by atoms with Gasteiger partial charge >= 0.3 is 5.97 Å². The van der Waals surface area contributed by atoms with Crippen LogP contribution in [0, 0.1) is 11.3 Å².